The number of hydrogen-bond donors (Lipinski definition) is 0. The van der Waals surface area contributed by atoms with Crippen molar-refractivity contribution in [3.05, 3.63) is 19.8 Å². The molecule has 6 heteroatoms. The molecule has 0 atom stereocenters. The van der Waals surface area contributed by atoms with Crippen LogP contribution < -0.4 is 0 Å². The molecule has 3 nitrogen and oxygen atoms in total. The number of amides is 1. The summed E-state index contributed by atoms with van der Waals surface area (Å²) in [4.78, 5) is 14.2. The molecule has 0 aliphatic carbocycles. The van der Waals surface area contributed by atoms with E-state index in [1.165, 1.54) is 16.2 Å². The normalized spacial score (nSPS) is 11.4. The van der Waals surface area contributed by atoms with Crippen LogP contribution in [-0.2, 0) is 11.3 Å². The quantitative estimate of drug-likeness (QED) is 0.791. The van der Waals surface area contributed by atoms with Gasteiger partial charge in [0.25, 0.3) is 0 Å². The van der Waals surface area contributed by atoms with E-state index < -0.39 is 5.60 Å². The van der Waals surface area contributed by atoms with Crippen LogP contribution in [0.1, 0.15) is 25.6 Å². The zero-order valence-corrected chi connectivity index (χ0v) is 13.4. The Labute approximate surface area is 119 Å². The van der Waals surface area contributed by atoms with E-state index in [-0.39, 0.29) is 6.09 Å². The lowest BCUT2D eigenvalue weighted by molar-refractivity contribution is 0.0287. The number of carbonyl (C=O) groups excluding carboxylic acids is 1. The standard InChI is InChI=1S/C11H15BrClNO2S/c1-11(2,3)16-10(15)14(4)6-8-7(13)5-9(12)17-8/h5H,6H2,1-4H3. The molecule has 0 saturated heterocycles. The van der Waals surface area contributed by atoms with E-state index in [1.54, 1.807) is 7.05 Å². The van der Waals surface area contributed by atoms with E-state index >= 15 is 0 Å². The van der Waals surface area contributed by atoms with Crippen molar-refractivity contribution in [2.75, 3.05) is 7.05 Å². The van der Waals surface area contributed by atoms with Crippen LogP contribution in [0.5, 0.6) is 0 Å². The highest BCUT2D eigenvalue weighted by molar-refractivity contribution is 9.11. The predicted molar refractivity (Wildman–Crippen MR) is 74.7 cm³/mol. The summed E-state index contributed by atoms with van der Waals surface area (Å²) in [5.41, 5.74) is -0.481. The van der Waals surface area contributed by atoms with Gasteiger partial charge in [-0.05, 0) is 42.8 Å². The smallest absolute Gasteiger partial charge is 0.410 e. The minimum absolute atomic E-state index is 0.349. The maximum absolute atomic E-state index is 11.7. The van der Waals surface area contributed by atoms with Crippen molar-refractivity contribution in [3.63, 3.8) is 0 Å². The number of carbonyl (C=O) groups is 1. The van der Waals surface area contributed by atoms with Gasteiger partial charge in [0.15, 0.2) is 0 Å². The number of thiophene rings is 1. The van der Waals surface area contributed by atoms with Crippen molar-refractivity contribution in [3.8, 4) is 0 Å². The van der Waals surface area contributed by atoms with Gasteiger partial charge in [-0.25, -0.2) is 4.79 Å². The fourth-order valence-electron chi connectivity index (χ4n) is 1.10. The third kappa shape index (κ3) is 4.85. The lowest BCUT2D eigenvalue weighted by Gasteiger charge is -2.24. The summed E-state index contributed by atoms with van der Waals surface area (Å²) in [5, 5.41) is 0.664. The van der Waals surface area contributed by atoms with Gasteiger partial charge in [0.1, 0.15) is 5.60 Å². The van der Waals surface area contributed by atoms with Crippen LogP contribution >= 0.6 is 38.9 Å². The Kier molecular flexibility index (Phi) is 4.86. The second-order valence-electron chi connectivity index (χ2n) is 4.66. The van der Waals surface area contributed by atoms with Crippen LogP contribution in [0, 0.1) is 0 Å². The highest BCUT2D eigenvalue weighted by Crippen LogP contribution is 2.31. The molecule has 0 radical (unpaired) electrons. The fourth-order valence-corrected chi connectivity index (χ4v) is 3.23. The van der Waals surface area contributed by atoms with Crippen molar-refractivity contribution in [1.82, 2.24) is 4.90 Å². The van der Waals surface area contributed by atoms with Gasteiger partial charge in [-0.3, -0.25) is 0 Å². The Morgan fingerprint density at radius 2 is 2.18 bits per heavy atom. The van der Waals surface area contributed by atoms with Crippen molar-refractivity contribution in [2.24, 2.45) is 0 Å². The van der Waals surface area contributed by atoms with Crippen LogP contribution in [-0.4, -0.2) is 23.6 Å². The van der Waals surface area contributed by atoms with Gasteiger partial charge in [-0.15, -0.1) is 11.3 Å². The van der Waals surface area contributed by atoms with Crippen LogP contribution in [0.4, 0.5) is 4.79 Å². The molecular formula is C11H15BrClNO2S. The topological polar surface area (TPSA) is 29.5 Å². The average Bonchev–Trinajstić information content (AvgIpc) is 2.42. The van der Waals surface area contributed by atoms with Gasteiger partial charge < -0.3 is 9.64 Å². The molecular weight excluding hydrogens is 326 g/mol. The average molecular weight is 341 g/mol. The first-order valence-electron chi connectivity index (χ1n) is 5.07. The van der Waals surface area contributed by atoms with E-state index in [9.17, 15) is 4.79 Å². The molecule has 0 aliphatic rings. The highest BCUT2D eigenvalue weighted by Gasteiger charge is 2.20. The Morgan fingerprint density at radius 3 is 2.59 bits per heavy atom. The van der Waals surface area contributed by atoms with E-state index in [0.717, 1.165) is 8.66 Å². The number of hydrogen-bond acceptors (Lipinski definition) is 3. The van der Waals surface area contributed by atoms with Gasteiger partial charge in [0.05, 0.1) is 15.4 Å². The molecule has 0 aromatic carbocycles. The van der Waals surface area contributed by atoms with Gasteiger partial charge in [0, 0.05) is 11.9 Å². The lowest BCUT2D eigenvalue weighted by Crippen LogP contribution is -2.33. The van der Waals surface area contributed by atoms with E-state index in [0.29, 0.717) is 11.6 Å². The number of nitrogens with zero attached hydrogens (tertiary/aromatic N) is 1. The lowest BCUT2D eigenvalue weighted by atomic mass is 10.2. The van der Waals surface area contributed by atoms with Gasteiger partial charge >= 0.3 is 6.09 Å². The molecule has 0 N–H and O–H groups in total. The monoisotopic (exact) mass is 339 g/mol. The van der Waals surface area contributed by atoms with Crippen LogP contribution in [0.25, 0.3) is 0 Å². The van der Waals surface area contributed by atoms with E-state index in [2.05, 4.69) is 15.9 Å². The number of halogens is 2. The van der Waals surface area contributed by atoms with Crippen LogP contribution in [0.3, 0.4) is 0 Å². The molecule has 1 amide bonds. The van der Waals surface area contributed by atoms with Gasteiger partial charge in [-0.2, -0.15) is 0 Å². The van der Waals surface area contributed by atoms with Crippen molar-refractivity contribution in [1.29, 1.82) is 0 Å². The third-order valence-electron chi connectivity index (χ3n) is 1.81. The molecule has 1 rings (SSSR count). The molecule has 0 bridgehead atoms. The molecule has 1 heterocycles. The summed E-state index contributed by atoms with van der Waals surface area (Å²) in [5.74, 6) is 0. The number of rotatable bonds is 2. The summed E-state index contributed by atoms with van der Waals surface area (Å²) in [6.07, 6.45) is -0.349. The summed E-state index contributed by atoms with van der Waals surface area (Å²) in [7, 11) is 1.69. The van der Waals surface area contributed by atoms with Gasteiger partial charge in [-0.1, -0.05) is 11.6 Å². The molecule has 0 aliphatic heterocycles. The Morgan fingerprint density at radius 1 is 1.59 bits per heavy atom. The second-order valence-corrected chi connectivity index (χ2v) is 7.58. The molecule has 0 unspecified atom stereocenters. The summed E-state index contributed by atoms with van der Waals surface area (Å²) in [6, 6.07) is 1.82. The van der Waals surface area contributed by atoms with E-state index in [1.807, 2.05) is 26.8 Å². The molecule has 1 aromatic heterocycles. The number of ether oxygens (including phenoxy) is 1. The minimum atomic E-state index is -0.481. The molecule has 1 aromatic rings. The summed E-state index contributed by atoms with van der Waals surface area (Å²) in [6.45, 7) is 5.97. The predicted octanol–water partition coefficient (Wildman–Crippen LogP) is 4.53. The largest absolute Gasteiger partial charge is 0.444 e. The SMILES string of the molecule is CN(Cc1sc(Br)cc1Cl)C(=O)OC(C)(C)C. The first kappa shape index (κ1) is 14.8. The van der Waals surface area contributed by atoms with Gasteiger partial charge in [0.2, 0.25) is 0 Å². The molecule has 0 spiro atoms. The molecule has 0 fully saturated rings. The maximum atomic E-state index is 11.7. The molecule has 96 valence electrons. The zero-order valence-electron chi connectivity index (χ0n) is 10.2. The molecule has 0 saturated carbocycles. The first-order valence-corrected chi connectivity index (χ1v) is 7.05. The van der Waals surface area contributed by atoms with Crippen molar-refractivity contribution < 1.29 is 9.53 Å². The maximum Gasteiger partial charge on any atom is 0.410 e. The summed E-state index contributed by atoms with van der Waals surface area (Å²) >= 11 is 10.9. The second kappa shape index (κ2) is 5.59. The zero-order chi connectivity index (χ0) is 13.2. The Hall–Kier alpha value is -0.260. The van der Waals surface area contributed by atoms with Crippen molar-refractivity contribution in [2.45, 2.75) is 32.9 Å². The molecule has 17 heavy (non-hydrogen) atoms. The van der Waals surface area contributed by atoms with E-state index in [4.69, 9.17) is 16.3 Å². The highest BCUT2D eigenvalue weighted by atomic mass is 79.9. The first-order chi connectivity index (χ1) is 7.69. The fraction of sp³-hybridized carbons (Fsp3) is 0.545. The van der Waals surface area contributed by atoms with Crippen LogP contribution in [0.15, 0.2) is 9.85 Å². The van der Waals surface area contributed by atoms with Crippen LogP contribution in [0.2, 0.25) is 5.02 Å². The summed E-state index contributed by atoms with van der Waals surface area (Å²) < 4.78 is 6.21. The van der Waals surface area contributed by atoms with Crippen molar-refractivity contribution >= 4 is 45.0 Å². The Bertz CT molecular complexity index is 414. The minimum Gasteiger partial charge on any atom is -0.444 e. The Balaban J connectivity index is 2.63. The third-order valence-corrected chi connectivity index (χ3v) is 3.89.